The van der Waals surface area contributed by atoms with Crippen LogP contribution in [0.3, 0.4) is 0 Å². The molecule has 0 fully saturated rings. The molecule has 2 aromatic rings. The highest BCUT2D eigenvalue weighted by Gasteiger charge is 2.14. The molecule has 2 N–H and O–H groups in total. The fourth-order valence-corrected chi connectivity index (χ4v) is 2.40. The van der Waals surface area contributed by atoms with Crippen molar-refractivity contribution in [3.63, 3.8) is 0 Å². The van der Waals surface area contributed by atoms with Crippen LogP contribution in [0.15, 0.2) is 47.4 Å². The molecule has 0 radical (unpaired) electrons. The Morgan fingerprint density at radius 2 is 1.96 bits per heavy atom. The molecule has 1 amide bonds. The minimum absolute atomic E-state index is 0.0654. The molecule has 122 valence electrons. The summed E-state index contributed by atoms with van der Waals surface area (Å²) in [5, 5.41) is 12.3. The van der Waals surface area contributed by atoms with E-state index < -0.39 is 6.04 Å². The van der Waals surface area contributed by atoms with Crippen LogP contribution in [0.25, 0.3) is 0 Å². The van der Waals surface area contributed by atoms with Crippen molar-refractivity contribution in [2.45, 2.75) is 32.9 Å². The van der Waals surface area contributed by atoms with Crippen molar-refractivity contribution < 1.29 is 9.90 Å². The number of amides is 1. The topological polar surface area (TPSA) is 71.3 Å². The molecule has 0 aliphatic heterocycles. The first-order chi connectivity index (χ1) is 11.0. The van der Waals surface area contributed by atoms with Crippen LogP contribution in [0, 0.1) is 6.92 Å². The first-order valence-corrected chi connectivity index (χ1v) is 7.70. The number of aryl methyl sites for hydroxylation is 2. The summed E-state index contributed by atoms with van der Waals surface area (Å²) in [5.74, 6) is -0.309. The van der Waals surface area contributed by atoms with Gasteiger partial charge in [0.1, 0.15) is 6.54 Å². The number of aromatic nitrogens is 1. The number of pyridine rings is 1. The maximum atomic E-state index is 12.2. The van der Waals surface area contributed by atoms with Gasteiger partial charge in [0.15, 0.2) is 0 Å². The van der Waals surface area contributed by atoms with Crippen molar-refractivity contribution in [1.29, 1.82) is 0 Å². The molecule has 0 aliphatic carbocycles. The van der Waals surface area contributed by atoms with Gasteiger partial charge in [-0.1, -0.05) is 37.3 Å². The zero-order valence-corrected chi connectivity index (χ0v) is 13.5. The van der Waals surface area contributed by atoms with Crippen LogP contribution in [0.4, 0.5) is 0 Å². The number of hydrogen-bond acceptors (Lipinski definition) is 3. The normalized spacial score (nSPS) is 12.0. The van der Waals surface area contributed by atoms with E-state index in [0.717, 1.165) is 12.0 Å². The van der Waals surface area contributed by atoms with E-state index in [0.29, 0.717) is 5.56 Å². The van der Waals surface area contributed by atoms with Gasteiger partial charge in [-0.25, -0.2) is 0 Å². The van der Waals surface area contributed by atoms with Gasteiger partial charge in [0.25, 0.3) is 5.56 Å². The highest BCUT2D eigenvalue weighted by atomic mass is 16.3. The number of carbonyl (C=O) groups is 1. The number of benzene rings is 1. The molecule has 1 aromatic heterocycles. The third-order valence-corrected chi connectivity index (χ3v) is 3.83. The van der Waals surface area contributed by atoms with E-state index in [1.54, 1.807) is 25.3 Å². The molecule has 0 saturated heterocycles. The lowest BCUT2D eigenvalue weighted by Crippen LogP contribution is -2.36. The summed E-state index contributed by atoms with van der Waals surface area (Å²) in [4.78, 5) is 24.1. The van der Waals surface area contributed by atoms with Crippen LogP contribution >= 0.6 is 0 Å². The molecule has 0 saturated carbocycles. The lowest BCUT2D eigenvalue weighted by atomic mass is 10.0. The molecule has 0 spiro atoms. The van der Waals surface area contributed by atoms with E-state index >= 15 is 0 Å². The first kappa shape index (κ1) is 17.0. The summed E-state index contributed by atoms with van der Waals surface area (Å²) in [6, 6.07) is 10.7. The van der Waals surface area contributed by atoms with Crippen molar-refractivity contribution in [2.75, 3.05) is 6.61 Å². The first-order valence-electron chi connectivity index (χ1n) is 7.70. The molecular weight excluding hydrogens is 292 g/mol. The lowest BCUT2D eigenvalue weighted by Gasteiger charge is -2.17. The molecule has 1 atom stereocenters. The minimum atomic E-state index is -0.478. The minimum Gasteiger partial charge on any atom is -0.394 e. The fourth-order valence-electron chi connectivity index (χ4n) is 2.40. The van der Waals surface area contributed by atoms with Crippen LogP contribution in [0.1, 0.15) is 29.7 Å². The Morgan fingerprint density at radius 1 is 1.26 bits per heavy atom. The van der Waals surface area contributed by atoms with Crippen molar-refractivity contribution in [3.05, 3.63) is 69.6 Å². The molecule has 0 aliphatic rings. The van der Waals surface area contributed by atoms with Gasteiger partial charge in [0, 0.05) is 11.8 Å². The van der Waals surface area contributed by atoms with E-state index in [1.165, 1.54) is 10.1 Å². The van der Waals surface area contributed by atoms with Crippen molar-refractivity contribution in [1.82, 2.24) is 9.88 Å². The third-order valence-electron chi connectivity index (χ3n) is 3.83. The fraction of sp³-hybridized carbons (Fsp3) is 0.333. The number of hydrogen-bond donors (Lipinski definition) is 2. The summed E-state index contributed by atoms with van der Waals surface area (Å²) in [5.41, 5.74) is 2.45. The van der Waals surface area contributed by atoms with Gasteiger partial charge in [-0.15, -0.1) is 0 Å². The maximum Gasteiger partial charge on any atom is 0.253 e. The summed E-state index contributed by atoms with van der Waals surface area (Å²) >= 11 is 0. The van der Waals surface area contributed by atoms with Gasteiger partial charge < -0.3 is 15.0 Å². The predicted molar refractivity (Wildman–Crippen MR) is 89.2 cm³/mol. The van der Waals surface area contributed by atoms with Gasteiger partial charge >= 0.3 is 0 Å². The Kier molecular flexibility index (Phi) is 5.71. The summed E-state index contributed by atoms with van der Waals surface area (Å²) in [6.45, 7) is 3.52. The van der Waals surface area contributed by atoms with E-state index in [2.05, 4.69) is 12.2 Å². The Bertz CT molecular complexity index is 720. The van der Waals surface area contributed by atoms with E-state index in [-0.39, 0.29) is 24.6 Å². The van der Waals surface area contributed by atoms with Gasteiger partial charge in [-0.2, -0.15) is 0 Å². The van der Waals surface area contributed by atoms with Crippen molar-refractivity contribution in [2.24, 2.45) is 0 Å². The van der Waals surface area contributed by atoms with Crippen LogP contribution in [-0.2, 0) is 17.8 Å². The molecule has 1 unspecified atom stereocenters. The summed E-state index contributed by atoms with van der Waals surface area (Å²) in [6.07, 6.45) is 2.52. The van der Waals surface area contributed by atoms with E-state index in [4.69, 9.17) is 0 Å². The predicted octanol–water partition coefficient (Wildman–Crippen LogP) is 1.57. The number of carbonyl (C=O) groups excluding carboxylic acids is 1. The molecule has 0 bridgehead atoms. The largest absolute Gasteiger partial charge is 0.394 e. The summed E-state index contributed by atoms with van der Waals surface area (Å²) < 4.78 is 1.36. The number of nitrogens with zero attached hydrogens (tertiary/aromatic N) is 1. The van der Waals surface area contributed by atoms with Crippen LogP contribution in [0.2, 0.25) is 0 Å². The number of rotatable bonds is 6. The second-order valence-electron chi connectivity index (χ2n) is 5.52. The molecule has 1 heterocycles. The SMILES string of the molecule is CCc1ccc(C(CO)NC(=O)Cn2cccc(C)c2=O)cc1. The van der Waals surface area contributed by atoms with Gasteiger partial charge in [0.05, 0.1) is 12.6 Å². The molecular formula is C18H22N2O3. The van der Waals surface area contributed by atoms with Crippen molar-refractivity contribution >= 4 is 5.91 Å². The second kappa shape index (κ2) is 7.74. The van der Waals surface area contributed by atoms with Crippen molar-refractivity contribution in [3.8, 4) is 0 Å². The molecule has 5 nitrogen and oxygen atoms in total. The average molecular weight is 314 g/mol. The van der Waals surface area contributed by atoms with Crippen LogP contribution in [-0.4, -0.2) is 22.2 Å². The zero-order chi connectivity index (χ0) is 16.8. The van der Waals surface area contributed by atoms with Crippen LogP contribution in [0.5, 0.6) is 0 Å². The third kappa shape index (κ3) is 4.29. The quantitative estimate of drug-likeness (QED) is 0.850. The number of aliphatic hydroxyl groups is 1. The standard InChI is InChI=1S/C18H22N2O3/c1-3-14-6-8-15(9-7-14)16(12-21)19-17(22)11-20-10-4-5-13(2)18(20)23/h4-10,16,21H,3,11-12H2,1-2H3,(H,19,22). The van der Waals surface area contributed by atoms with Gasteiger partial charge in [-0.3, -0.25) is 9.59 Å². The molecule has 1 aromatic carbocycles. The maximum absolute atomic E-state index is 12.2. The molecule has 2 rings (SSSR count). The number of nitrogens with one attached hydrogen (secondary N) is 1. The Morgan fingerprint density at radius 3 is 2.57 bits per heavy atom. The zero-order valence-electron chi connectivity index (χ0n) is 13.5. The molecule has 23 heavy (non-hydrogen) atoms. The highest BCUT2D eigenvalue weighted by Crippen LogP contribution is 2.14. The van der Waals surface area contributed by atoms with Gasteiger partial charge in [0.2, 0.25) is 5.91 Å². The number of aliphatic hydroxyl groups excluding tert-OH is 1. The van der Waals surface area contributed by atoms with Crippen LogP contribution < -0.4 is 10.9 Å². The molecule has 5 heteroatoms. The second-order valence-corrected chi connectivity index (χ2v) is 5.52. The van der Waals surface area contributed by atoms with E-state index in [9.17, 15) is 14.7 Å². The smallest absolute Gasteiger partial charge is 0.253 e. The highest BCUT2D eigenvalue weighted by molar-refractivity contribution is 5.76. The Hall–Kier alpha value is -2.40. The summed E-state index contributed by atoms with van der Waals surface area (Å²) in [7, 11) is 0. The lowest BCUT2D eigenvalue weighted by molar-refractivity contribution is -0.122. The average Bonchev–Trinajstić information content (AvgIpc) is 2.57. The Balaban J connectivity index is 2.07. The Labute approximate surface area is 135 Å². The van der Waals surface area contributed by atoms with Gasteiger partial charge in [-0.05, 0) is 30.5 Å². The van der Waals surface area contributed by atoms with E-state index in [1.807, 2.05) is 24.3 Å². The monoisotopic (exact) mass is 314 g/mol.